The number of nitrogens with one attached hydrogen (secondary N) is 3. The molecule has 7 nitrogen and oxygen atoms in total. The highest BCUT2D eigenvalue weighted by Gasteiger charge is 2.11. The van der Waals surface area contributed by atoms with Crippen LogP contribution >= 0.6 is 0 Å². The molecule has 3 amide bonds. The largest absolute Gasteiger partial charge is 0.355 e. The van der Waals surface area contributed by atoms with Gasteiger partial charge in [0.2, 0.25) is 17.7 Å². The van der Waals surface area contributed by atoms with Crippen LogP contribution < -0.4 is 16.0 Å². The molecular weight excluding hydrogens is 368 g/mol. The molecule has 0 bridgehead atoms. The number of carbonyl (C=O) groups excluding carboxylic acids is 3. The standard InChI is InChI=1S/C18H36N4O3.2C2H6/c1-13(2)16(23)19-7-10-22(11-8-20-17(24)14(3)4)12-9-21-18(25)15(5)6;2*1-2/h13-15H,7-12H2,1-6H3,(H,19,23)(H,20,24)(H,21,25);2*1-2H3. The van der Waals surface area contributed by atoms with E-state index < -0.39 is 0 Å². The van der Waals surface area contributed by atoms with Gasteiger partial charge >= 0.3 is 0 Å². The molecule has 0 aromatic heterocycles. The highest BCUT2D eigenvalue weighted by molar-refractivity contribution is 5.78. The van der Waals surface area contributed by atoms with Gasteiger partial charge in [0.15, 0.2) is 0 Å². The van der Waals surface area contributed by atoms with Crippen LogP contribution in [-0.2, 0) is 14.4 Å². The zero-order valence-corrected chi connectivity index (χ0v) is 20.6. The quantitative estimate of drug-likeness (QED) is 0.456. The summed E-state index contributed by atoms with van der Waals surface area (Å²) in [5.74, 6) is -0.0270. The van der Waals surface area contributed by atoms with Gasteiger partial charge in [-0.25, -0.2) is 0 Å². The predicted octanol–water partition coefficient (Wildman–Crippen LogP) is 2.66. The lowest BCUT2D eigenvalue weighted by atomic mass is 10.2. The van der Waals surface area contributed by atoms with Gasteiger partial charge in [-0.3, -0.25) is 19.3 Å². The van der Waals surface area contributed by atoms with Crippen molar-refractivity contribution in [1.82, 2.24) is 20.9 Å². The first-order valence-corrected chi connectivity index (χ1v) is 11.2. The molecule has 0 saturated carbocycles. The Balaban J connectivity index is -0.00000158. The molecule has 29 heavy (non-hydrogen) atoms. The van der Waals surface area contributed by atoms with Gasteiger partial charge in [-0.2, -0.15) is 0 Å². The molecule has 0 heterocycles. The van der Waals surface area contributed by atoms with Crippen LogP contribution in [0.15, 0.2) is 0 Å². The Morgan fingerprint density at radius 3 is 0.931 bits per heavy atom. The second kappa shape index (κ2) is 21.1. The summed E-state index contributed by atoms with van der Waals surface area (Å²) in [4.78, 5) is 37.0. The molecule has 0 aromatic carbocycles. The molecule has 0 aliphatic heterocycles. The van der Waals surface area contributed by atoms with Gasteiger partial charge in [-0.05, 0) is 0 Å². The van der Waals surface area contributed by atoms with Crippen molar-refractivity contribution in [2.24, 2.45) is 17.8 Å². The fourth-order valence-corrected chi connectivity index (χ4v) is 1.96. The van der Waals surface area contributed by atoms with E-state index in [4.69, 9.17) is 0 Å². The second-order valence-corrected chi connectivity index (χ2v) is 7.18. The molecule has 0 atom stereocenters. The average Bonchev–Trinajstić information content (AvgIpc) is 2.69. The van der Waals surface area contributed by atoms with E-state index in [9.17, 15) is 14.4 Å². The Hall–Kier alpha value is -1.63. The van der Waals surface area contributed by atoms with Crippen LogP contribution in [0.5, 0.6) is 0 Å². The molecule has 0 radical (unpaired) electrons. The van der Waals surface area contributed by atoms with Crippen LogP contribution in [0.4, 0.5) is 0 Å². The van der Waals surface area contributed by atoms with E-state index in [-0.39, 0.29) is 35.5 Å². The van der Waals surface area contributed by atoms with E-state index in [1.165, 1.54) is 0 Å². The number of rotatable bonds is 12. The van der Waals surface area contributed by atoms with Crippen LogP contribution in [0, 0.1) is 17.8 Å². The molecule has 0 aliphatic carbocycles. The van der Waals surface area contributed by atoms with Crippen molar-refractivity contribution >= 4 is 17.7 Å². The van der Waals surface area contributed by atoms with Gasteiger partial charge in [0, 0.05) is 57.0 Å². The first kappa shape index (κ1) is 32.0. The van der Waals surface area contributed by atoms with Crippen molar-refractivity contribution in [3.8, 4) is 0 Å². The minimum atomic E-state index is -0.0379. The van der Waals surface area contributed by atoms with E-state index in [1.54, 1.807) is 0 Å². The van der Waals surface area contributed by atoms with E-state index >= 15 is 0 Å². The summed E-state index contributed by atoms with van der Waals surface area (Å²) < 4.78 is 0. The summed E-state index contributed by atoms with van der Waals surface area (Å²) in [7, 11) is 0. The average molecular weight is 417 g/mol. The SMILES string of the molecule is CC.CC.CC(C)C(=O)NCCN(CCNC(=O)C(C)C)CCNC(=O)C(C)C. The Morgan fingerprint density at radius 1 is 0.552 bits per heavy atom. The lowest BCUT2D eigenvalue weighted by molar-refractivity contribution is -0.124. The summed E-state index contributed by atoms with van der Waals surface area (Å²) in [5.41, 5.74) is 0. The molecule has 0 fully saturated rings. The third kappa shape index (κ3) is 19.5. The van der Waals surface area contributed by atoms with Crippen LogP contribution in [0.25, 0.3) is 0 Å². The molecule has 174 valence electrons. The van der Waals surface area contributed by atoms with Crippen LogP contribution in [-0.4, -0.2) is 61.9 Å². The van der Waals surface area contributed by atoms with E-state index in [0.717, 1.165) is 0 Å². The van der Waals surface area contributed by atoms with Gasteiger partial charge in [-0.1, -0.05) is 69.2 Å². The van der Waals surface area contributed by atoms with Gasteiger partial charge in [-0.15, -0.1) is 0 Å². The van der Waals surface area contributed by atoms with E-state index in [2.05, 4.69) is 20.9 Å². The Kier molecular flexibility index (Phi) is 23.3. The van der Waals surface area contributed by atoms with Crippen molar-refractivity contribution in [2.75, 3.05) is 39.3 Å². The Bertz CT molecular complexity index is 362. The zero-order valence-electron chi connectivity index (χ0n) is 20.6. The monoisotopic (exact) mass is 416 g/mol. The van der Waals surface area contributed by atoms with E-state index in [0.29, 0.717) is 39.3 Å². The molecule has 0 unspecified atom stereocenters. The molecule has 7 heteroatoms. The third-order valence-electron chi connectivity index (χ3n) is 3.75. The van der Waals surface area contributed by atoms with Gasteiger partial charge in [0.25, 0.3) is 0 Å². The number of hydrogen-bond donors (Lipinski definition) is 3. The van der Waals surface area contributed by atoms with Gasteiger partial charge in [0.05, 0.1) is 0 Å². The number of carbonyl (C=O) groups is 3. The highest BCUT2D eigenvalue weighted by Crippen LogP contribution is 1.94. The maximum atomic E-state index is 11.6. The lowest BCUT2D eigenvalue weighted by Gasteiger charge is -2.23. The number of hydrogen-bond acceptors (Lipinski definition) is 4. The molecule has 0 aromatic rings. The predicted molar refractivity (Wildman–Crippen MR) is 123 cm³/mol. The Labute approximate surface area is 179 Å². The number of nitrogens with zero attached hydrogens (tertiary/aromatic N) is 1. The fourth-order valence-electron chi connectivity index (χ4n) is 1.96. The summed E-state index contributed by atoms with van der Waals surface area (Å²) in [5, 5.41) is 8.68. The lowest BCUT2D eigenvalue weighted by Crippen LogP contribution is -2.44. The zero-order chi connectivity index (χ0) is 23.4. The molecule has 0 saturated heterocycles. The second-order valence-electron chi connectivity index (χ2n) is 7.18. The molecule has 0 rings (SSSR count). The molecule has 0 spiro atoms. The van der Waals surface area contributed by atoms with Gasteiger partial charge < -0.3 is 16.0 Å². The van der Waals surface area contributed by atoms with Crippen LogP contribution in [0.3, 0.4) is 0 Å². The normalized spacial score (nSPS) is 10.1. The first-order valence-electron chi connectivity index (χ1n) is 11.2. The van der Waals surface area contributed by atoms with Crippen molar-refractivity contribution in [2.45, 2.75) is 69.2 Å². The smallest absolute Gasteiger partial charge is 0.222 e. The highest BCUT2D eigenvalue weighted by atomic mass is 16.2. The van der Waals surface area contributed by atoms with Crippen LogP contribution in [0.1, 0.15) is 69.2 Å². The van der Waals surface area contributed by atoms with E-state index in [1.807, 2.05) is 69.2 Å². The minimum absolute atomic E-state index is 0.0289. The first-order chi connectivity index (χ1) is 13.6. The van der Waals surface area contributed by atoms with Crippen molar-refractivity contribution < 1.29 is 14.4 Å². The van der Waals surface area contributed by atoms with Crippen molar-refractivity contribution in [1.29, 1.82) is 0 Å². The summed E-state index contributed by atoms with van der Waals surface area (Å²) >= 11 is 0. The summed E-state index contributed by atoms with van der Waals surface area (Å²) in [6, 6.07) is 0. The Morgan fingerprint density at radius 2 is 0.759 bits per heavy atom. The van der Waals surface area contributed by atoms with Gasteiger partial charge in [0.1, 0.15) is 0 Å². The number of amides is 3. The maximum Gasteiger partial charge on any atom is 0.222 e. The molecule has 3 N–H and O–H groups in total. The third-order valence-corrected chi connectivity index (χ3v) is 3.75. The van der Waals surface area contributed by atoms with Crippen molar-refractivity contribution in [3.63, 3.8) is 0 Å². The molecular formula is C22H48N4O3. The van der Waals surface area contributed by atoms with Crippen molar-refractivity contribution in [3.05, 3.63) is 0 Å². The summed E-state index contributed by atoms with van der Waals surface area (Å²) in [6.07, 6.45) is 0. The topological polar surface area (TPSA) is 90.5 Å². The van der Waals surface area contributed by atoms with Crippen LogP contribution in [0.2, 0.25) is 0 Å². The fraction of sp³-hybridized carbons (Fsp3) is 0.864. The summed E-state index contributed by atoms with van der Waals surface area (Å²) in [6.45, 7) is 22.8. The molecule has 0 aliphatic rings. The minimum Gasteiger partial charge on any atom is -0.355 e. The maximum absolute atomic E-state index is 11.6.